The van der Waals surface area contributed by atoms with Crippen molar-refractivity contribution in [3.05, 3.63) is 23.8 Å². The van der Waals surface area contributed by atoms with Gasteiger partial charge >= 0.3 is 7.82 Å². The van der Waals surface area contributed by atoms with Gasteiger partial charge in [-0.25, -0.2) is 13.5 Å². The maximum absolute atomic E-state index is 17.0. The Morgan fingerprint density at radius 3 is 2.55 bits per heavy atom. The Labute approximate surface area is 190 Å². The van der Waals surface area contributed by atoms with Crippen LogP contribution < -0.4 is 0 Å². The van der Waals surface area contributed by atoms with E-state index in [4.69, 9.17) is 9.79 Å². The van der Waals surface area contributed by atoms with Crippen molar-refractivity contribution in [3.63, 3.8) is 0 Å². The molecule has 4 rings (SSSR count). The standard InChI is InChI=1S/C22H30FO9P/c1-11-8-15-14-5-4-12-9-13(24)6-7-19(12,2)21(14,23)16(25)10-20(15,3)22(11,28)17(26)18(27)32-33(29,30)31/h6-7,9,11,14-16,18,25,27-28H,4-5,8,10H2,1-3H3,(H2,29,30,31)/t11-,14-,15-,16-,18?,19-,20-,21-,22-/m0/s1. The molecule has 4 aliphatic rings. The van der Waals surface area contributed by atoms with E-state index in [1.165, 1.54) is 18.2 Å². The van der Waals surface area contributed by atoms with Gasteiger partial charge in [-0.05, 0) is 56.6 Å². The lowest BCUT2D eigenvalue weighted by Gasteiger charge is -2.62. The number of aliphatic hydroxyl groups excluding tert-OH is 2. The van der Waals surface area contributed by atoms with Gasteiger partial charge < -0.3 is 25.1 Å². The highest BCUT2D eigenvalue weighted by atomic mass is 31.2. The first-order valence-electron chi connectivity index (χ1n) is 11.0. The first-order valence-corrected chi connectivity index (χ1v) is 12.6. The Hall–Kier alpha value is -1.26. The van der Waals surface area contributed by atoms with Crippen molar-refractivity contribution in [2.45, 2.75) is 70.1 Å². The molecule has 0 amide bonds. The van der Waals surface area contributed by atoms with Crippen LogP contribution in [0.2, 0.25) is 0 Å². The molecule has 11 heteroatoms. The molecule has 0 aliphatic heterocycles. The number of hydrogen-bond donors (Lipinski definition) is 5. The van der Waals surface area contributed by atoms with E-state index in [-0.39, 0.29) is 25.0 Å². The Balaban J connectivity index is 1.76. The SMILES string of the molecule is C[C@H]1C[C@H]2[C@@H]3CCC4=CC(=O)C=C[C@]4(C)[C@@]3(F)[C@@H](O)C[C@]2(C)[C@@]1(O)C(=O)C(O)OP(=O)(O)O. The fourth-order valence-corrected chi connectivity index (χ4v) is 7.79. The molecule has 0 aromatic rings. The predicted molar refractivity (Wildman–Crippen MR) is 112 cm³/mol. The maximum atomic E-state index is 17.0. The third kappa shape index (κ3) is 3.15. The number of rotatable bonds is 4. The van der Waals surface area contributed by atoms with E-state index in [1.54, 1.807) is 20.8 Å². The number of fused-ring (bicyclic) bond motifs is 5. The van der Waals surface area contributed by atoms with Crippen LogP contribution in [0, 0.1) is 28.6 Å². The van der Waals surface area contributed by atoms with Crippen LogP contribution in [0.5, 0.6) is 0 Å². The molecule has 3 fully saturated rings. The predicted octanol–water partition coefficient (Wildman–Crippen LogP) is 1.33. The van der Waals surface area contributed by atoms with Crippen molar-refractivity contribution in [3.8, 4) is 0 Å². The summed E-state index contributed by atoms with van der Waals surface area (Å²) in [6, 6.07) is 0. The highest BCUT2D eigenvalue weighted by Gasteiger charge is 2.76. The van der Waals surface area contributed by atoms with Crippen LogP contribution in [0.3, 0.4) is 0 Å². The van der Waals surface area contributed by atoms with Crippen molar-refractivity contribution in [1.29, 1.82) is 0 Å². The molecule has 184 valence electrons. The molecule has 1 unspecified atom stereocenters. The Bertz CT molecular complexity index is 1010. The number of phosphoric acid groups is 1. The third-order valence-electron chi connectivity index (χ3n) is 9.06. The summed E-state index contributed by atoms with van der Waals surface area (Å²) in [5.41, 5.74) is -6.51. The quantitative estimate of drug-likeness (QED) is 0.290. The molecule has 0 spiro atoms. The monoisotopic (exact) mass is 488 g/mol. The lowest BCUT2D eigenvalue weighted by Crippen LogP contribution is -2.69. The number of Topliss-reactive ketones (excluding diaryl/α,β-unsaturated/α-hetero) is 1. The summed E-state index contributed by atoms with van der Waals surface area (Å²) in [4.78, 5) is 43.0. The third-order valence-corrected chi connectivity index (χ3v) is 9.53. The number of alkyl halides is 1. The fraction of sp³-hybridized carbons (Fsp3) is 0.727. The second kappa shape index (κ2) is 7.37. The van der Waals surface area contributed by atoms with E-state index in [0.29, 0.717) is 12.0 Å². The number of aliphatic hydroxyl groups is 3. The van der Waals surface area contributed by atoms with E-state index >= 15 is 4.39 Å². The molecule has 5 N–H and O–H groups in total. The number of ketones is 2. The van der Waals surface area contributed by atoms with Gasteiger partial charge in [0.15, 0.2) is 11.5 Å². The molecule has 0 aromatic heterocycles. The molecule has 4 aliphatic carbocycles. The molecule has 33 heavy (non-hydrogen) atoms. The van der Waals surface area contributed by atoms with Gasteiger partial charge in [-0.15, -0.1) is 0 Å². The van der Waals surface area contributed by atoms with Crippen molar-refractivity contribution < 1.29 is 48.2 Å². The van der Waals surface area contributed by atoms with Gasteiger partial charge in [0, 0.05) is 16.7 Å². The van der Waals surface area contributed by atoms with Gasteiger partial charge in [0.25, 0.3) is 0 Å². The molecular weight excluding hydrogens is 458 g/mol. The summed E-state index contributed by atoms with van der Waals surface area (Å²) in [6.45, 7) is 4.74. The van der Waals surface area contributed by atoms with Crippen LogP contribution in [0.4, 0.5) is 4.39 Å². The lowest BCUT2D eigenvalue weighted by atomic mass is 9.44. The number of carbonyl (C=O) groups excluding carboxylic acids is 2. The first kappa shape index (κ1) is 24.9. The second-order valence-corrected chi connectivity index (χ2v) is 11.7. The summed E-state index contributed by atoms with van der Waals surface area (Å²) < 4.78 is 32.3. The number of hydrogen-bond acceptors (Lipinski definition) is 7. The smallest absolute Gasteiger partial charge is 0.390 e. The molecule has 0 heterocycles. The molecular formula is C22H30FO9P. The van der Waals surface area contributed by atoms with Crippen LogP contribution in [-0.2, 0) is 18.7 Å². The van der Waals surface area contributed by atoms with Crippen LogP contribution in [-0.4, -0.2) is 60.3 Å². The van der Waals surface area contributed by atoms with Crippen LogP contribution >= 0.6 is 7.82 Å². The van der Waals surface area contributed by atoms with Gasteiger partial charge in [0.05, 0.1) is 6.10 Å². The maximum Gasteiger partial charge on any atom is 0.472 e. The minimum atomic E-state index is -5.23. The van der Waals surface area contributed by atoms with Crippen LogP contribution in [0.15, 0.2) is 23.8 Å². The molecule has 9 nitrogen and oxygen atoms in total. The zero-order valence-electron chi connectivity index (χ0n) is 18.6. The van der Waals surface area contributed by atoms with Crippen molar-refractivity contribution in [2.24, 2.45) is 28.6 Å². The average Bonchev–Trinajstić information content (AvgIpc) is 2.89. The molecule has 0 bridgehead atoms. The number of halogens is 1. The fourth-order valence-electron chi connectivity index (χ4n) is 7.44. The molecule has 9 atom stereocenters. The average molecular weight is 488 g/mol. The van der Waals surface area contributed by atoms with Crippen LogP contribution in [0.25, 0.3) is 0 Å². The summed E-state index contributed by atoms with van der Waals surface area (Å²) >= 11 is 0. The molecule has 3 saturated carbocycles. The van der Waals surface area contributed by atoms with E-state index in [1.807, 2.05) is 0 Å². The van der Waals surface area contributed by atoms with Gasteiger partial charge in [-0.2, -0.15) is 0 Å². The minimum absolute atomic E-state index is 0.197. The summed E-state index contributed by atoms with van der Waals surface area (Å²) in [5, 5.41) is 32.9. The largest absolute Gasteiger partial charge is 0.472 e. The molecule has 0 aromatic carbocycles. The van der Waals surface area contributed by atoms with E-state index < -0.39 is 65.9 Å². The molecule has 0 radical (unpaired) electrons. The number of allylic oxidation sites excluding steroid dienone is 4. The van der Waals surface area contributed by atoms with Crippen LogP contribution in [0.1, 0.15) is 46.5 Å². The van der Waals surface area contributed by atoms with Gasteiger partial charge in [0.2, 0.25) is 12.1 Å². The zero-order chi connectivity index (χ0) is 24.8. The van der Waals surface area contributed by atoms with E-state index in [9.17, 15) is 29.5 Å². The van der Waals surface area contributed by atoms with Gasteiger partial charge in [-0.3, -0.25) is 9.59 Å². The summed E-state index contributed by atoms with van der Waals surface area (Å²) in [7, 11) is -5.23. The Kier molecular flexibility index (Phi) is 5.55. The summed E-state index contributed by atoms with van der Waals surface area (Å²) in [5.74, 6) is -3.73. The molecule has 0 saturated heterocycles. The van der Waals surface area contributed by atoms with Gasteiger partial charge in [0.1, 0.15) is 5.60 Å². The number of phosphoric ester groups is 1. The Morgan fingerprint density at radius 2 is 1.94 bits per heavy atom. The van der Waals surface area contributed by atoms with Crippen molar-refractivity contribution in [1.82, 2.24) is 0 Å². The summed E-state index contributed by atoms with van der Waals surface area (Å²) in [6.07, 6.45) is 0.560. The second-order valence-electron chi connectivity index (χ2n) is 10.5. The topological polar surface area (TPSA) is 162 Å². The Morgan fingerprint density at radius 1 is 1.30 bits per heavy atom. The highest BCUT2D eigenvalue weighted by molar-refractivity contribution is 7.46. The normalized spacial score (nSPS) is 47.9. The number of carbonyl (C=O) groups is 2. The lowest BCUT2D eigenvalue weighted by molar-refractivity contribution is -0.225. The highest BCUT2D eigenvalue weighted by Crippen LogP contribution is 2.70. The first-order chi connectivity index (χ1) is 15.0. The van der Waals surface area contributed by atoms with E-state index in [2.05, 4.69) is 4.52 Å². The minimum Gasteiger partial charge on any atom is -0.390 e. The van der Waals surface area contributed by atoms with Crippen molar-refractivity contribution in [2.75, 3.05) is 0 Å². The van der Waals surface area contributed by atoms with Crippen molar-refractivity contribution >= 4 is 19.4 Å². The van der Waals surface area contributed by atoms with Gasteiger partial charge in [-0.1, -0.05) is 25.5 Å². The zero-order valence-corrected chi connectivity index (χ0v) is 19.5. The van der Waals surface area contributed by atoms with E-state index in [0.717, 1.165) is 0 Å².